The van der Waals surface area contributed by atoms with Crippen molar-refractivity contribution in [2.75, 3.05) is 38.1 Å². The molecule has 0 spiro atoms. The molecule has 0 aliphatic carbocycles. The molecule has 1 aromatic heterocycles. The normalized spacial score (nSPS) is 15.8. The van der Waals surface area contributed by atoms with Gasteiger partial charge >= 0.3 is 0 Å². The Hall–Kier alpha value is -1.27. The van der Waals surface area contributed by atoms with Gasteiger partial charge in [0.2, 0.25) is 5.95 Å². The average Bonchev–Trinajstić information content (AvgIpc) is 2.38. The van der Waals surface area contributed by atoms with E-state index in [1.165, 1.54) is 0 Å². The first-order valence-corrected chi connectivity index (χ1v) is 5.97. The Balaban J connectivity index is 2.21. The zero-order valence-corrected chi connectivity index (χ0v) is 10.5. The van der Waals surface area contributed by atoms with Crippen LogP contribution in [0.25, 0.3) is 0 Å². The summed E-state index contributed by atoms with van der Waals surface area (Å²) in [6.07, 6.45) is 0. The number of anilines is 1. The minimum atomic E-state index is -0.456. The minimum Gasteiger partial charge on any atom is -0.378 e. The van der Waals surface area contributed by atoms with Crippen LogP contribution < -0.4 is 15.5 Å². The maximum atomic E-state index is 13.9. The molecule has 92 valence electrons. The van der Waals surface area contributed by atoms with Crippen molar-refractivity contribution in [3.63, 3.8) is 0 Å². The van der Waals surface area contributed by atoms with Crippen LogP contribution in [0.4, 0.5) is 10.1 Å². The number of hydrogen-bond donors (Lipinski definition) is 2. The van der Waals surface area contributed by atoms with Gasteiger partial charge in [-0.15, -0.1) is 0 Å². The summed E-state index contributed by atoms with van der Waals surface area (Å²) in [5, 5.41) is 6.01. The van der Waals surface area contributed by atoms with E-state index in [0.717, 1.165) is 26.2 Å². The third-order valence-electron chi connectivity index (χ3n) is 2.75. The van der Waals surface area contributed by atoms with E-state index in [9.17, 15) is 4.39 Å². The van der Waals surface area contributed by atoms with E-state index in [2.05, 4.69) is 15.6 Å². The largest absolute Gasteiger partial charge is 0.378 e. The van der Waals surface area contributed by atoms with Crippen LogP contribution in [0.1, 0.15) is 5.69 Å². The van der Waals surface area contributed by atoms with Gasteiger partial charge in [0, 0.05) is 33.2 Å². The first kappa shape index (κ1) is 12.2. The van der Waals surface area contributed by atoms with Crippen molar-refractivity contribution >= 4 is 22.9 Å². The number of nitrogens with one attached hydrogen (secondary N) is 2. The number of pyridine rings is 1. The Morgan fingerprint density at radius 2 is 2.18 bits per heavy atom. The Morgan fingerprint density at radius 3 is 2.76 bits per heavy atom. The van der Waals surface area contributed by atoms with E-state index >= 15 is 0 Å². The van der Waals surface area contributed by atoms with E-state index in [1.807, 2.05) is 4.90 Å². The van der Waals surface area contributed by atoms with Gasteiger partial charge in [-0.25, -0.2) is 4.98 Å². The van der Waals surface area contributed by atoms with Crippen molar-refractivity contribution in [3.8, 4) is 0 Å². The summed E-state index contributed by atoms with van der Waals surface area (Å²) in [6.45, 7) is 3.34. The molecule has 1 aliphatic heterocycles. The fraction of sp³-hybridized carbons (Fsp3) is 0.455. The van der Waals surface area contributed by atoms with Crippen LogP contribution in [0.3, 0.4) is 0 Å². The van der Waals surface area contributed by atoms with Crippen molar-refractivity contribution in [3.05, 3.63) is 23.8 Å². The summed E-state index contributed by atoms with van der Waals surface area (Å²) < 4.78 is 13.9. The van der Waals surface area contributed by atoms with Crippen molar-refractivity contribution in [2.24, 2.45) is 0 Å². The van der Waals surface area contributed by atoms with Crippen LogP contribution in [0.5, 0.6) is 0 Å². The molecule has 0 radical (unpaired) electrons. The quantitative estimate of drug-likeness (QED) is 0.595. The smallest absolute Gasteiger partial charge is 0.237 e. The Labute approximate surface area is 105 Å². The van der Waals surface area contributed by atoms with Crippen LogP contribution in [0.15, 0.2) is 12.1 Å². The standard InChI is InChI=1S/C11H15FN4S/c1-13-11(17)8-2-3-9(10(12)15-8)16-6-4-14-5-7-16/h2-3,14H,4-7H2,1H3,(H,13,17). The fourth-order valence-electron chi connectivity index (χ4n) is 1.82. The lowest BCUT2D eigenvalue weighted by Gasteiger charge is -2.29. The van der Waals surface area contributed by atoms with E-state index < -0.39 is 5.95 Å². The highest BCUT2D eigenvalue weighted by molar-refractivity contribution is 7.80. The van der Waals surface area contributed by atoms with Crippen molar-refractivity contribution in [1.82, 2.24) is 15.6 Å². The van der Waals surface area contributed by atoms with Gasteiger partial charge in [0.05, 0.1) is 5.69 Å². The Kier molecular flexibility index (Phi) is 3.86. The van der Waals surface area contributed by atoms with Gasteiger partial charge in [-0.3, -0.25) is 0 Å². The second kappa shape index (κ2) is 5.37. The second-order valence-corrected chi connectivity index (χ2v) is 4.23. The Bertz CT molecular complexity index is 418. The summed E-state index contributed by atoms with van der Waals surface area (Å²) in [6, 6.07) is 3.49. The van der Waals surface area contributed by atoms with Crippen LogP contribution in [-0.2, 0) is 0 Å². The molecule has 0 atom stereocenters. The van der Waals surface area contributed by atoms with Crippen LogP contribution in [0, 0.1) is 5.95 Å². The first-order valence-electron chi connectivity index (χ1n) is 5.56. The molecule has 2 heterocycles. The van der Waals surface area contributed by atoms with E-state index in [0.29, 0.717) is 16.4 Å². The molecular formula is C11H15FN4S. The number of aromatic nitrogens is 1. The van der Waals surface area contributed by atoms with Gasteiger partial charge in [0.25, 0.3) is 0 Å². The zero-order valence-electron chi connectivity index (χ0n) is 9.66. The number of thiocarbonyl (C=S) groups is 1. The van der Waals surface area contributed by atoms with Gasteiger partial charge < -0.3 is 15.5 Å². The maximum absolute atomic E-state index is 13.9. The molecule has 17 heavy (non-hydrogen) atoms. The second-order valence-electron chi connectivity index (χ2n) is 3.82. The highest BCUT2D eigenvalue weighted by Gasteiger charge is 2.16. The third kappa shape index (κ3) is 2.70. The summed E-state index contributed by atoms with van der Waals surface area (Å²) in [4.78, 5) is 6.33. The molecule has 0 saturated carbocycles. The number of nitrogens with zero attached hydrogens (tertiary/aromatic N) is 2. The molecular weight excluding hydrogens is 239 g/mol. The molecule has 0 aromatic carbocycles. The molecule has 6 heteroatoms. The molecule has 4 nitrogen and oxygen atoms in total. The van der Waals surface area contributed by atoms with Gasteiger partial charge in [-0.1, -0.05) is 12.2 Å². The molecule has 1 fully saturated rings. The zero-order chi connectivity index (χ0) is 12.3. The molecule has 1 saturated heterocycles. The summed E-state index contributed by atoms with van der Waals surface area (Å²) >= 11 is 5.02. The van der Waals surface area contributed by atoms with Crippen molar-refractivity contribution < 1.29 is 4.39 Å². The molecule has 1 aliphatic rings. The monoisotopic (exact) mass is 254 g/mol. The van der Waals surface area contributed by atoms with Gasteiger partial charge in [0.1, 0.15) is 10.7 Å². The predicted octanol–water partition coefficient (Wildman–Crippen LogP) is 0.525. The van der Waals surface area contributed by atoms with E-state index in [1.54, 1.807) is 19.2 Å². The first-order chi connectivity index (χ1) is 8.22. The SMILES string of the molecule is CNC(=S)c1ccc(N2CCNCC2)c(F)n1. The summed E-state index contributed by atoms with van der Waals surface area (Å²) in [5.41, 5.74) is 1.02. The maximum Gasteiger partial charge on any atom is 0.237 e. The van der Waals surface area contributed by atoms with Crippen LogP contribution >= 0.6 is 12.2 Å². The van der Waals surface area contributed by atoms with Gasteiger partial charge in [-0.05, 0) is 12.1 Å². The highest BCUT2D eigenvalue weighted by Crippen LogP contribution is 2.18. The molecule has 1 aromatic rings. The number of hydrogen-bond acceptors (Lipinski definition) is 4. The number of halogens is 1. The number of piperazine rings is 1. The number of rotatable bonds is 2. The van der Waals surface area contributed by atoms with Crippen molar-refractivity contribution in [1.29, 1.82) is 0 Å². The fourth-order valence-corrected chi connectivity index (χ4v) is 1.94. The molecule has 0 amide bonds. The van der Waals surface area contributed by atoms with Crippen LogP contribution in [-0.4, -0.2) is 43.2 Å². The van der Waals surface area contributed by atoms with E-state index in [-0.39, 0.29) is 0 Å². The van der Waals surface area contributed by atoms with Crippen molar-refractivity contribution in [2.45, 2.75) is 0 Å². The lowest BCUT2D eigenvalue weighted by molar-refractivity contribution is 0.547. The summed E-state index contributed by atoms with van der Waals surface area (Å²) in [5.74, 6) is -0.456. The molecule has 0 unspecified atom stereocenters. The van der Waals surface area contributed by atoms with E-state index in [4.69, 9.17) is 12.2 Å². The van der Waals surface area contributed by atoms with Gasteiger partial charge in [0.15, 0.2) is 0 Å². The predicted molar refractivity (Wildman–Crippen MR) is 70.0 cm³/mol. The molecule has 2 N–H and O–H groups in total. The summed E-state index contributed by atoms with van der Waals surface area (Å²) in [7, 11) is 1.70. The molecule has 0 bridgehead atoms. The Morgan fingerprint density at radius 1 is 1.47 bits per heavy atom. The van der Waals surface area contributed by atoms with Gasteiger partial charge in [-0.2, -0.15) is 4.39 Å². The lowest BCUT2D eigenvalue weighted by Crippen LogP contribution is -2.44. The highest BCUT2D eigenvalue weighted by atomic mass is 32.1. The third-order valence-corrected chi connectivity index (χ3v) is 3.16. The average molecular weight is 254 g/mol. The lowest BCUT2D eigenvalue weighted by atomic mass is 10.2. The van der Waals surface area contributed by atoms with Crippen LogP contribution in [0.2, 0.25) is 0 Å². The molecule has 2 rings (SSSR count). The minimum absolute atomic E-state index is 0.454. The topological polar surface area (TPSA) is 40.2 Å².